The van der Waals surface area contributed by atoms with E-state index >= 15 is 0 Å². The molecule has 0 bridgehead atoms. The normalized spacial score (nSPS) is 18.5. The Morgan fingerprint density at radius 2 is 1.46 bits per heavy atom. The Hall–Kier alpha value is -0.0300. The third kappa shape index (κ3) is 8.89. The molecule has 0 spiro atoms. The highest BCUT2D eigenvalue weighted by Crippen LogP contribution is 2.47. The van der Waals surface area contributed by atoms with Crippen molar-refractivity contribution in [2.24, 2.45) is 5.18 Å². The third-order valence-corrected chi connectivity index (χ3v) is 4.84. The molecule has 0 aromatic heterocycles. The summed E-state index contributed by atoms with van der Waals surface area (Å²) < 4.78 is 44.7. The van der Waals surface area contributed by atoms with Crippen molar-refractivity contribution >= 4 is 33.1 Å². The molecular weight excluding hydrogens is 418 g/mol. The first-order valence-corrected chi connectivity index (χ1v) is 10.4. The summed E-state index contributed by atoms with van der Waals surface area (Å²) in [6.07, 6.45) is -1.72. The molecule has 0 rings (SSSR count). The van der Waals surface area contributed by atoms with Crippen LogP contribution >= 0.6 is 33.1 Å². The van der Waals surface area contributed by atoms with Gasteiger partial charge in [0.15, 0.2) is 0 Å². The van der Waals surface area contributed by atoms with Crippen LogP contribution in [0.2, 0.25) is 0 Å². The largest absolute Gasteiger partial charge is 0.701 e. The number of nitrogens with zero attached hydrogens (tertiary/aromatic N) is 1. The Balaban J connectivity index is 4.79. The number of unbranched alkanes of at least 4 members (excludes halogenated alkanes) is 1. The highest BCUT2D eigenvalue weighted by molar-refractivity contribution is 7.41. The molecule has 0 aromatic rings. The zero-order chi connectivity index (χ0) is 19.0. The van der Waals surface area contributed by atoms with Crippen LogP contribution in [0.1, 0.15) is 25.7 Å². The summed E-state index contributed by atoms with van der Waals surface area (Å²) in [4.78, 5) is 54.2. The van der Waals surface area contributed by atoms with Crippen molar-refractivity contribution < 1.29 is 56.8 Å². The maximum atomic E-state index is 11.1. The van der Waals surface area contributed by atoms with Crippen molar-refractivity contribution in [2.45, 2.75) is 37.1 Å². The van der Waals surface area contributed by atoms with Crippen molar-refractivity contribution in [1.82, 2.24) is 0 Å². The first kappa shape index (κ1) is 24.0. The van der Waals surface area contributed by atoms with E-state index in [2.05, 4.69) is 18.7 Å². The van der Waals surface area contributed by atoms with Crippen molar-refractivity contribution in [3.8, 4) is 0 Å². The number of nitroso groups, excluding NO2 is 1. The zero-order valence-electron chi connectivity index (χ0n) is 11.6. The topological polar surface area (TPSA) is 230 Å². The fourth-order valence-electron chi connectivity index (χ4n) is 1.46. The highest BCUT2D eigenvalue weighted by atomic mass is 31.2. The molecular formula is C6H14NO13P4+3. The van der Waals surface area contributed by atoms with Crippen LogP contribution in [0.15, 0.2) is 5.18 Å². The van der Waals surface area contributed by atoms with Gasteiger partial charge in [0, 0.05) is 20.7 Å². The number of hydrogen-bond donors (Lipinski definition) is 6. The summed E-state index contributed by atoms with van der Waals surface area (Å²) in [6.45, 7) is 0. The fourth-order valence-corrected chi connectivity index (χ4v) is 3.56. The predicted octanol–water partition coefficient (Wildman–Crippen LogP) is 0.909. The van der Waals surface area contributed by atoms with Crippen LogP contribution in [0.4, 0.5) is 0 Å². The minimum Gasteiger partial charge on any atom is -0.340 e. The Kier molecular flexibility index (Phi) is 10.8. The van der Waals surface area contributed by atoms with Gasteiger partial charge in [0.1, 0.15) is 0 Å². The Labute approximate surface area is 138 Å². The minimum atomic E-state index is -3.44. The van der Waals surface area contributed by atoms with E-state index in [1.54, 1.807) is 0 Å². The molecule has 14 nitrogen and oxygen atoms in total. The summed E-state index contributed by atoms with van der Waals surface area (Å²) >= 11 is 0. The van der Waals surface area contributed by atoms with Crippen LogP contribution in [0, 0.1) is 4.91 Å². The van der Waals surface area contributed by atoms with E-state index in [9.17, 15) is 23.7 Å². The second-order valence-corrected chi connectivity index (χ2v) is 7.28. The average Bonchev–Trinajstić information content (AvgIpc) is 2.39. The molecule has 0 aliphatic heterocycles. The van der Waals surface area contributed by atoms with E-state index in [4.69, 9.17) is 24.5 Å². The lowest BCUT2D eigenvalue weighted by Crippen LogP contribution is -2.32. The number of rotatable bonds is 13. The standard InChI is InChI=1S/C6H11NO13P4/c8-6(19-23(14)15,20-24(16)17)4-2-1-3-5(7-9,21(10)11)18-22(12)13/h8,14-15H,1-4H2/p+3. The van der Waals surface area contributed by atoms with Gasteiger partial charge in [-0.1, -0.05) is 4.52 Å². The minimum absolute atomic E-state index is 0.227. The number of hydrogen-bond acceptors (Lipinski definition) is 11. The summed E-state index contributed by atoms with van der Waals surface area (Å²) in [6, 6.07) is 0. The van der Waals surface area contributed by atoms with E-state index in [0.717, 1.165) is 0 Å². The molecule has 0 aromatic carbocycles. The van der Waals surface area contributed by atoms with E-state index in [1.807, 2.05) is 0 Å². The first-order chi connectivity index (χ1) is 11.0. The molecule has 0 fully saturated rings. The molecule has 5 atom stereocenters. The predicted molar refractivity (Wildman–Crippen MR) is 76.0 cm³/mol. The van der Waals surface area contributed by atoms with Gasteiger partial charge in [0.2, 0.25) is 0 Å². The summed E-state index contributed by atoms with van der Waals surface area (Å²) in [5, 5.41) is 11.9. The molecule has 0 heterocycles. The Bertz CT molecular complexity index is 489. The molecule has 0 aliphatic carbocycles. The molecule has 0 saturated heterocycles. The van der Waals surface area contributed by atoms with E-state index in [-0.39, 0.29) is 12.8 Å². The van der Waals surface area contributed by atoms with Crippen molar-refractivity contribution in [1.29, 1.82) is 0 Å². The van der Waals surface area contributed by atoms with Gasteiger partial charge >= 0.3 is 44.6 Å². The van der Waals surface area contributed by atoms with Crippen molar-refractivity contribution in [3.63, 3.8) is 0 Å². The maximum absolute atomic E-state index is 11.1. The second-order valence-electron chi connectivity index (χ2n) is 4.03. The van der Waals surface area contributed by atoms with E-state index in [1.165, 1.54) is 0 Å². The van der Waals surface area contributed by atoms with Crippen LogP contribution in [0.5, 0.6) is 0 Å². The van der Waals surface area contributed by atoms with Gasteiger partial charge in [-0.3, -0.25) is 4.52 Å². The lowest BCUT2D eigenvalue weighted by Gasteiger charge is -2.21. The van der Waals surface area contributed by atoms with Crippen LogP contribution in [-0.4, -0.2) is 41.0 Å². The van der Waals surface area contributed by atoms with Crippen molar-refractivity contribution in [2.75, 3.05) is 0 Å². The van der Waals surface area contributed by atoms with Gasteiger partial charge < -0.3 is 14.9 Å². The van der Waals surface area contributed by atoms with Crippen molar-refractivity contribution in [3.05, 3.63) is 4.91 Å². The van der Waals surface area contributed by atoms with Gasteiger partial charge in [-0.25, -0.2) is 0 Å². The Morgan fingerprint density at radius 1 is 0.958 bits per heavy atom. The zero-order valence-corrected chi connectivity index (χ0v) is 15.2. The SMILES string of the molecule is O=NC(CCCCC(O)(OP(O)O)O[P+](=O)O)(O[P+](=O)O)[P+](=O)O. The molecule has 0 amide bonds. The Morgan fingerprint density at radius 3 is 1.83 bits per heavy atom. The van der Waals surface area contributed by atoms with Gasteiger partial charge in [-0.15, -0.1) is 14.7 Å². The highest BCUT2D eigenvalue weighted by Gasteiger charge is 2.60. The lowest BCUT2D eigenvalue weighted by atomic mass is 10.1. The summed E-state index contributed by atoms with van der Waals surface area (Å²) in [7, 11) is -13.4. The second kappa shape index (κ2) is 10.8. The van der Waals surface area contributed by atoms with Gasteiger partial charge in [-0.05, 0) is 21.9 Å². The van der Waals surface area contributed by atoms with Gasteiger partial charge in [0.05, 0.1) is 6.42 Å². The van der Waals surface area contributed by atoms with E-state index < -0.39 is 57.4 Å². The molecule has 0 saturated carbocycles. The molecule has 5 unspecified atom stereocenters. The molecule has 0 radical (unpaired) electrons. The maximum Gasteiger partial charge on any atom is 0.701 e. The van der Waals surface area contributed by atoms with Crippen LogP contribution < -0.4 is 0 Å². The van der Waals surface area contributed by atoms with Gasteiger partial charge in [0.25, 0.3) is 0 Å². The fraction of sp³-hybridized carbons (Fsp3) is 1.00. The molecule has 138 valence electrons. The summed E-state index contributed by atoms with van der Waals surface area (Å²) in [5.41, 5.74) is -2.69. The van der Waals surface area contributed by atoms with E-state index in [0.29, 0.717) is 0 Å². The molecule has 24 heavy (non-hydrogen) atoms. The smallest absolute Gasteiger partial charge is 0.340 e. The average molecular weight is 432 g/mol. The van der Waals surface area contributed by atoms with Crippen LogP contribution in [0.3, 0.4) is 0 Å². The van der Waals surface area contributed by atoms with Crippen LogP contribution in [0.25, 0.3) is 0 Å². The monoisotopic (exact) mass is 432 g/mol. The van der Waals surface area contributed by atoms with Gasteiger partial charge in [-0.2, -0.15) is 4.89 Å². The lowest BCUT2D eigenvalue weighted by molar-refractivity contribution is -0.280. The third-order valence-electron chi connectivity index (χ3n) is 2.36. The summed E-state index contributed by atoms with van der Waals surface area (Å²) in [5.74, 6) is -2.85. The number of aliphatic hydroxyl groups is 1. The van der Waals surface area contributed by atoms with Crippen LogP contribution in [-0.2, 0) is 27.3 Å². The molecule has 18 heteroatoms. The quantitative estimate of drug-likeness (QED) is 0.103. The molecule has 0 aliphatic rings. The first-order valence-electron chi connectivity index (χ1n) is 5.77. The molecule has 6 N–H and O–H groups in total.